The fraction of sp³-hybridized carbons (Fsp3) is 0.421. The first-order valence-corrected chi connectivity index (χ1v) is 9.40. The van der Waals surface area contributed by atoms with Gasteiger partial charge in [-0.1, -0.05) is 11.6 Å². The third kappa shape index (κ3) is 5.30. The number of aromatic nitrogens is 2. The van der Waals surface area contributed by atoms with Gasteiger partial charge in [0.1, 0.15) is 0 Å². The van der Waals surface area contributed by atoms with E-state index in [9.17, 15) is 14.7 Å². The Labute approximate surface area is 162 Å². The normalized spacial score (nSPS) is 22.2. The Morgan fingerprint density at radius 3 is 2.74 bits per heavy atom. The van der Waals surface area contributed by atoms with E-state index in [0.29, 0.717) is 42.8 Å². The average molecular weight is 391 g/mol. The number of nitrogens with one attached hydrogen (secondary N) is 3. The smallest absolute Gasteiger partial charge is 0.251 e. The van der Waals surface area contributed by atoms with E-state index in [2.05, 4.69) is 20.6 Å². The molecule has 7 nitrogen and oxygen atoms in total. The minimum atomic E-state index is -0.657. The van der Waals surface area contributed by atoms with Crippen molar-refractivity contribution in [2.45, 2.75) is 37.8 Å². The summed E-state index contributed by atoms with van der Waals surface area (Å²) in [7, 11) is 0. The van der Waals surface area contributed by atoms with Gasteiger partial charge in [-0.25, -0.2) is 4.98 Å². The monoisotopic (exact) mass is 390 g/mol. The van der Waals surface area contributed by atoms with E-state index in [4.69, 9.17) is 11.6 Å². The molecule has 144 valence electrons. The van der Waals surface area contributed by atoms with Crippen molar-refractivity contribution in [3.05, 3.63) is 53.1 Å². The third-order valence-corrected chi connectivity index (χ3v) is 5.11. The molecule has 1 aliphatic carbocycles. The number of aromatic amines is 1. The van der Waals surface area contributed by atoms with Crippen molar-refractivity contribution in [2.75, 3.05) is 6.54 Å². The van der Waals surface area contributed by atoms with E-state index in [-0.39, 0.29) is 17.7 Å². The van der Waals surface area contributed by atoms with Crippen molar-refractivity contribution in [1.82, 2.24) is 20.6 Å². The highest BCUT2D eigenvalue weighted by atomic mass is 35.5. The van der Waals surface area contributed by atoms with Crippen LogP contribution >= 0.6 is 11.6 Å². The van der Waals surface area contributed by atoms with Gasteiger partial charge in [0.2, 0.25) is 5.91 Å². The second-order valence-electron chi connectivity index (χ2n) is 6.78. The summed E-state index contributed by atoms with van der Waals surface area (Å²) in [6.45, 7) is 0.516. The predicted octanol–water partition coefficient (Wildman–Crippen LogP) is 1.68. The van der Waals surface area contributed by atoms with Crippen LogP contribution < -0.4 is 10.6 Å². The van der Waals surface area contributed by atoms with Crippen LogP contribution in [0.15, 0.2) is 36.8 Å². The zero-order chi connectivity index (χ0) is 19.2. The van der Waals surface area contributed by atoms with Crippen molar-refractivity contribution in [2.24, 2.45) is 5.92 Å². The van der Waals surface area contributed by atoms with Gasteiger partial charge in [-0.15, -0.1) is 0 Å². The van der Waals surface area contributed by atoms with Crippen molar-refractivity contribution in [1.29, 1.82) is 0 Å². The van der Waals surface area contributed by atoms with Crippen LogP contribution in [0.3, 0.4) is 0 Å². The van der Waals surface area contributed by atoms with Crippen LogP contribution in [0.1, 0.15) is 35.3 Å². The molecule has 0 unspecified atom stereocenters. The van der Waals surface area contributed by atoms with Gasteiger partial charge in [0, 0.05) is 41.4 Å². The summed E-state index contributed by atoms with van der Waals surface area (Å²) in [4.78, 5) is 31.7. The maximum absolute atomic E-state index is 12.4. The molecule has 0 spiro atoms. The van der Waals surface area contributed by atoms with Crippen LogP contribution in [0.2, 0.25) is 5.02 Å². The number of benzene rings is 1. The number of aliphatic hydroxyl groups excluding tert-OH is 1. The number of hydrogen-bond acceptors (Lipinski definition) is 4. The molecule has 4 N–H and O–H groups in total. The van der Waals surface area contributed by atoms with Gasteiger partial charge in [-0.05, 0) is 43.5 Å². The van der Waals surface area contributed by atoms with Crippen molar-refractivity contribution in [3.8, 4) is 0 Å². The number of rotatable bonds is 6. The number of H-pyrrole nitrogens is 1. The molecule has 0 bridgehead atoms. The van der Waals surface area contributed by atoms with Crippen LogP contribution in [-0.4, -0.2) is 45.6 Å². The largest absolute Gasteiger partial charge is 0.391 e. The Hall–Kier alpha value is -2.38. The Kier molecular flexibility index (Phi) is 6.47. The van der Waals surface area contributed by atoms with E-state index in [0.717, 1.165) is 5.69 Å². The molecular weight excluding hydrogens is 368 g/mol. The molecule has 3 atom stereocenters. The van der Waals surface area contributed by atoms with Gasteiger partial charge in [-0.3, -0.25) is 9.59 Å². The van der Waals surface area contributed by atoms with Crippen LogP contribution in [0.25, 0.3) is 0 Å². The van der Waals surface area contributed by atoms with Crippen molar-refractivity contribution < 1.29 is 14.7 Å². The first kappa shape index (κ1) is 19.4. The van der Waals surface area contributed by atoms with Gasteiger partial charge in [0.05, 0.1) is 18.5 Å². The minimum absolute atomic E-state index is 0.0489. The summed E-state index contributed by atoms with van der Waals surface area (Å²) in [5, 5.41) is 16.5. The fourth-order valence-electron chi connectivity index (χ4n) is 3.29. The standard InChI is InChI=1S/C19H23ClN4O3/c20-14-4-1-12(2-5-14)19(27)24-16-9-13(3-6-17(16)25)18(26)22-8-7-15-10-21-11-23-15/h1-2,4-5,10-11,13,16-17,25H,3,6-9H2,(H,21,23)(H,22,26)(H,24,27)/t13-,16+,17+/m0/s1. The quantitative estimate of drug-likeness (QED) is 0.602. The molecule has 8 heteroatoms. The number of imidazole rings is 1. The molecule has 2 amide bonds. The summed E-state index contributed by atoms with van der Waals surface area (Å²) in [5.41, 5.74) is 1.43. The highest BCUT2D eigenvalue weighted by Crippen LogP contribution is 2.25. The number of aliphatic hydroxyl groups is 1. The molecule has 2 aromatic rings. The Balaban J connectivity index is 1.51. The van der Waals surface area contributed by atoms with Crippen LogP contribution in [0.4, 0.5) is 0 Å². The lowest BCUT2D eigenvalue weighted by Crippen LogP contribution is -2.49. The van der Waals surface area contributed by atoms with Crippen molar-refractivity contribution in [3.63, 3.8) is 0 Å². The molecule has 1 aliphatic rings. The second kappa shape index (κ2) is 9.01. The SMILES string of the molecule is O=C(N[C@@H]1C[C@@H](C(=O)NCCc2cnc[nH]2)CC[C@H]1O)c1ccc(Cl)cc1. The molecule has 0 radical (unpaired) electrons. The second-order valence-corrected chi connectivity index (χ2v) is 7.22. The van der Waals surface area contributed by atoms with Gasteiger partial charge in [-0.2, -0.15) is 0 Å². The minimum Gasteiger partial charge on any atom is -0.391 e. The van der Waals surface area contributed by atoms with E-state index >= 15 is 0 Å². The van der Waals surface area contributed by atoms with Crippen LogP contribution in [-0.2, 0) is 11.2 Å². The highest BCUT2D eigenvalue weighted by molar-refractivity contribution is 6.30. The molecule has 1 saturated carbocycles. The Bertz CT molecular complexity index is 764. The summed E-state index contributed by atoms with van der Waals surface area (Å²) in [6.07, 6.45) is 4.84. The molecule has 1 aromatic carbocycles. The lowest BCUT2D eigenvalue weighted by atomic mass is 9.83. The number of hydrogen-bond donors (Lipinski definition) is 4. The van der Waals surface area contributed by atoms with Gasteiger partial charge < -0.3 is 20.7 Å². The third-order valence-electron chi connectivity index (χ3n) is 4.86. The van der Waals surface area contributed by atoms with Gasteiger partial charge >= 0.3 is 0 Å². The summed E-state index contributed by atoms with van der Waals surface area (Å²) in [5.74, 6) is -0.561. The number of halogens is 1. The maximum Gasteiger partial charge on any atom is 0.251 e. The molecule has 0 saturated heterocycles. The first-order chi connectivity index (χ1) is 13.0. The molecule has 3 rings (SSSR count). The lowest BCUT2D eigenvalue weighted by molar-refractivity contribution is -0.127. The first-order valence-electron chi connectivity index (χ1n) is 9.02. The topological polar surface area (TPSA) is 107 Å². The van der Waals surface area contributed by atoms with Gasteiger partial charge in [0.25, 0.3) is 5.91 Å². The number of carbonyl (C=O) groups is 2. The number of carbonyl (C=O) groups excluding carboxylic acids is 2. The predicted molar refractivity (Wildman–Crippen MR) is 101 cm³/mol. The summed E-state index contributed by atoms with van der Waals surface area (Å²) >= 11 is 5.84. The van der Waals surface area contributed by atoms with E-state index < -0.39 is 12.1 Å². The molecule has 1 heterocycles. The zero-order valence-corrected chi connectivity index (χ0v) is 15.6. The fourth-order valence-corrected chi connectivity index (χ4v) is 3.41. The van der Waals surface area contributed by atoms with Crippen LogP contribution in [0.5, 0.6) is 0 Å². The average Bonchev–Trinajstić information content (AvgIpc) is 3.17. The zero-order valence-electron chi connectivity index (χ0n) is 14.8. The summed E-state index contributed by atoms with van der Waals surface area (Å²) < 4.78 is 0. The van der Waals surface area contributed by atoms with Crippen molar-refractivity contribution >= 4 is 23.4 Å². The highest BCUT2D eigenvalue weighted by Gasteiger charge is 2.33. The van der Waals surface area contributed by atoms with Crippen LogP contribution in [0, 0.1) is 5.92 Å². The lowest BCUT2D eigenvalue weighted by Gasteiger charge is -2.33. The maximum atomic E-state index is 12.4. The molecular formula is C19H23ClN4O3. The molecule has 1 aromatic heterocycles. The van der Waals surface area contributed by atoms with Gasteiger partial charge in [0.15, 0.2) is 0 Å². The number of amides is 2. The summed E-state index contributed by atoms with van der Waals surface area (Å²) in [6, 6.07) is 6.09. The molecule has 1 fully saturated rings. The molecule has 27 heavy (non-hydrogen) atoms. The number of nitrogens with zero attached hydrogens (tertiary/aromatic N) is 1. The van der Waals surface area contributed by atoms with E-state index in [1.54, 1.807) is 36.8 Å². The van der Waals surface area contributed by atoms with E-state index in [1.165, 1.54) is 0 Å². The molecule has 0 aliphatic heterocycles. The Morgan fingerprint density at radius 2 is 2.04 bits per heavy atom. The Morgan fingerprint density at radius 1 is 1.26 bits per heavy atom. The van der Waals surface area contributed by atoms with E-state index in [1.807, 2.05) is 0 Å².